The quantitative estimate of drug-likeness (QED) is 0.643. The minimum atomic E-state index is -4.04. The molecule has 0 unspecified atom stereocenters. The molecule has 0 aromatic heterocycles. The highest BCUT2D eigenvalue weighted by atomic mass is 32.3. The van der Waals surface area contributed by atoms with Gasteiger partial charge in [-0.15, -0.1) is 0 Å². The van der Waals surface area contributed by atoms with Crippen molar-refractivity contribution < 1.29 is 25.8 Å². The van der Waals surface area contributed by atoms with Crippen molar-refractivity contribution in [2.45, 2.75) is 24.3 Å². The van der Waals surface area contributed by atoms with Gasteiger partial charge in [-0.1, -0.05) is 22.4 Å². The number of Topliss-reactive ketones (excluding diaryl/α,β-unsaturated/α-hetero) is 1. The van der Waals surface area contributed by atoms with Crippen molar-refractivity contribution in [1.29, 1.82) is 0 Å². The molecule has 1 heterocycles. The van der Waals surface area contributed by atoms with Crippen LogP contribution in [0.1, 0.15) is 24.2 Å². The fourth-order valence-electron chi connectivity index (χ4n) is 2.83. The molecule has 0 spiro atoms. The third kappa shape index (κ3) is 4.85. The predicted molar refractivity (Wildman–Crippen MR) is 102 cm³/mol. The highest BCUT2D eigenvalue weighted by Crippen LogP contribution is 2.51. The van der Waals surface area contributed by atoms with Crippen molar-refractivity contribution in [3.05, 3.63) is 29.8 Å². The molecule has 7 nitrogen and oxygen atoms in total. The minimum absolute atomic E-state index is 0.0178. The van der Waals surface area contributed by atoms with Crippen LogP contribution in [0.5, 0.6) is 0 Å². The molecule has 1 aliphatic rings. The summed E-state index contributed by atoms with van der Waals surface area (Å²) in [5.74, 6) is 0.0178. The molecule has 1 aromatic carbocycles. The number of rotatable bonds is 7. The highest BCUT2D eigenvalue weighted by molar-refractivity contribution is 8.31. The Balaban J connectivity index is 2.19. The summed E-state index contributed by atoms with van der Waals surface area (Å²) in [7, 11) is -5.06. The van der Waals surface area contributed by atoms with Gasteiger partial charge in [0.05, 0.1) is 25.9 Å². The Morgan fingerprint density at radius 3 is 2.15 bits per heavy atom. The first kappa shape index (κ1) is 21.3. The summed E-state index contributed by atoms with van der Waals surface area (Å²) in [6.45, 7) is 6.51. The first-order valence-electron chi connectivity index (χ1n) is 8.22. The van der Waals surface area contributed by atoms with Crippen molar-refractivity contribution in [2.24, 2.45) is 0 Å². The largest absolute Gasteiger partial charge is 0.409 e. The lowest BCUT2D eigenvalue weighted by atomic mass is 9.91. The Hall–Kier alpha value is -0.970. The molecular weight excluding hydrogens is 378 g/mol. The van der Waals surface area contributed by atoms with Crippen molar-refractivity contribution >= 4 is 26.5 Å². The van der Waals surface area contributed by atoms with Crippen molar-refractivity contribution in [3.63, 3.8) is 0 Å². The van der Waals surface area contributed by atoms with E-state index in [4.69, 9.17) is 8.37 Å². The van der Waals surface area contributed by atoms with Crippen LogP contribution < -0.4 is 0 Å². The summed E-state index contributed by atoms with van der Waals surface area (Å²) in [4.78, 5) is 15.8. The van der Waals surface area contributed by atoms with Crippen LogP contribution in [0.2, 0.25) is 0 Å². The average Bonchev–Trinajstić information content (AvgIpc) is 2.61. The molecule has 1 fully saturated rings. The summed E-state index contributed by atoms with van der Waals surface area (Å²) in [6, 6.07) is 6.92. The number of ketones is 1. The average molecular weight is 406 g/mol. The Morgan fingerprint density at radius 2 is 1.65 bits per heavy atom. The maximum absolute atomic E-state index is 13.0. The van der Waals surface area contributed by atoms with Crippen LogP contribution in [-0.2, 0) is 22.9 Å². The van der Waals surface area contributed by atoms with Gasteiger partial charge in [-0.3, -0.25) is 13.9 Å². The van der Waals surface area contributed by atoms with Gasteiger partial charge >= 0.3 is 10.4 Å². The van der Waals surface area contributed by atoms with Crippen LogP contribution in [0.25, 0.3) is 0 Å². The number of carbonyl (C=O) groups is 1. The van der Waals surface area contributed by atoms with Crippen LogP contribution in [0.3, 0.4) is 0 Å². The topological polar surface area (TPSA) is 82.1 Å². The zero-order valence-corrected chi connectivity index (χ0v) is 17.5. The maximum Gasteiger partial charge on any atom is 0.409 e. The van der Waals surface area contributed by atoms with Gasteiger partial charge in [-0.2, -0.15) is 12.0 Å². The number of benzene rings is 1. The number of carbonyl (C=O) groups excluding carboxylic acids is 1. The van der Waals surface area contributed by atoms with Crippen molar-refractivity contribution in [3.8, 4) is 0 Å². The van der Waals surface area contributed by atoms with E-state index in [-0.39, 0.29) is 5.78 Å². The molecule has 0 bridgehead atoms. The molecule has 9 heteroatoms. The van der Waals surface area contributed by atoms with E-state index in [0.29, 0.717) is 23.7 Å². The molecule has 2 rings (SSSR count). The van der Waals surface area contributed by atoms with E-state index in [1.165, 1.54) is 0 Å². The molecule has 0 amide bonds. The maximum atomic E-state index is 13.0. The van der Waals surface area contributed by atoms with Gasteiger partial charge in [-0.05, 0) is 38.5 Å². The zero-order chi connectivity index (χ0) is 19.6. The molecule has 0 radical (unpaired) electrons. The van der Waals surface area contributed by atoms with Gasteiger partial charge in [0, 0.05) is 23.5 Å². The molecule has 1 saturated heterocycles. The van der Waals surface area contributed by atoms with Crippen LogP contribution in [0.4, 0.5) is 0 Å². The van der Waals surface area contributed by atoms with Crippen molar-refractivity contribution in [1.82, 2.24) is 4.90 Å². The summed E-state index contributed by atoms with van der Waals surface area (Å²) in [5.41, 5.74) is -0.0566. The molecule has 0 saturated carbocycles. The number of hydrogen-bond donors (Lipinski definition) is 0. The lowest BCUT2D eigenvalue weighted by Gasteiger charge is -2.39. The molecule has 0 aliphatic carbocycles. The fraction of sp³-hybridized carbons (Fsp3) is 0.588. The third-order valence-electron chi connectivity index (χ3n) is 4.50. The van der Waals surface area contributed by atoms with Gasteiger partial charge in [0.1, 0.15) is 0 Å². The molecular formula is C17H27NO6S2. The minimum Gasteiger partial charge on any atom is -0.379 e. The summed E-state index contributed by atoms with van der Waals surface area (Å²) in [5, 5.41) is 0. The SMILES string of the molecule is COS(=O)(=O)OS(C)(C)c1ccc(C(=O)C(C)(C)N2CCOCC2)cc1. The smallest absolute Gasteiger partial charge is 0.379 e. The Labute approximate surface area is 157 Å². The summed E-state index contributed by atoms with van der Waals surface area (Å²) >= 11 is 0. The highest BCUT2D eigenvalue weighted by Gasteiger charge is 2.36. The molecule has 1 aliphatic heterocycles. The Kier molecular flexibility index (Phi) is 6.53. The van der Waals surface area contributed by atoms with E-state index in [2.05, 4.69) is 9.08 Å². The second-order valence-electron chi connectivity index (χ2n) is 6.89. The normalized spacial score (nSPS) is 17.9. The standard InChI is InChI=1S/C17H27NO6S2/c1-17(2,18-10-12-23-13-11-18)16(19)14-6-8-15(9-7-14)25(4,5)24-26(20,21)22-3/h6-9H,10-13H2,1-5H3. The number of hydrogen-bond acceptors (Lipinski definition) is 7. The van der Waals surface area contributed by atoms with E-state index in [9.17, 15) is 13.2 Å². The number of nitrogens with zero attached hydrogens (tertiary/aromatic N) is 1. The number of morpholine rings is 1. The monoisotopic (exact) mass is 405 g/mol. The lowest BCUT2D eigenvalue weighted by Crippen LogP contribution is -2.54. The predicted octanol–water partition coefficient (Wildman–Crippen LogP) is 2.23. The van der Waals surface area contributed by atoms with E-state index < -0.39 is 26.2 Å². The van der Waals surface area contributed by atoms with Crippen LogP contribution >= 0.6 is 10.3 Å². The molecule has 26 heavy (non-hydrogen) atoms. The van der Waals surface area contributed by atoms with Gasteiger partial charge < -0.3 is 4.74 Å². The molecule has 0 atom stereocenters. The van der Waals surface area contributed by atoms with Gasteiger partial charge in [0.25, 0.3) is 0 Å². The summed E-state index contributed by atoms with van der Waals surface area (Å²) < 4.78 is 38.0. The second-order valence-corrected chi connectivity index (χ2v) is 11.5. The first-order chi connectivity index (χ1) is 12.0. The van der Waals surface area contributed by atoms with E-state index in [1.807, 2.05) is 13.8 Å². The fourth-order valence-corrected chi connectivity index (χ4v) is 5.82. The summed E-state index contributed by atoms with van der Waals surface area (Å²) in [6.07, 6.45) is 3.41. The van der Waals surface area contributed by atoms with E-state index >= 15 is 0 Å². The zero-order valence-electron chi connectivity index (χ0n) is 15.9. The molecule has 0 N–H and O–H groups in total. The van der Waals surface area contributed by atoms with Gasteiger partial charge in [0.15, 0.2) is 5.78 Å². The Bertz CT molecular complexity index is 737. The van der Waals surface area contributed by atoms with Crippen LogP contribution in [0.15, 0.2) is 29.2 Å². The van der Waals surface area contributed by atoms with Crippen LogP contribution in [-0.4, -0.2) is 70.6 Å². The number of ether oxygens (including phenoxy) is 1. The first-order valence-corrected chi connectivity index (χ1v) is 11.9. The molecule has 1 aromatic rings. The Morgan fingerprint density at radius 1 is 1.12 bits per heavy atom. The third-order valence-corrected chi connectivity index (χ3v) is 8.34. The van der Waals surface area contributed by atoms with Gasteiger partial charge in [0.2, 0.25) is 0 Å². The van der Waals surface area contributed by atoms with E-state index in [1.54, 1.807) is 36.8 Å². The lowest BCUT2D eigenvalue weighted by molar-refractivity contribution is -0.00430. The van der Waals surface area contributed by atoms with Gasteiger partial charge in [-0.25, -0.2) is 0 Å². The molecule has 148 valence electrons. The van der Waals surface area contributed by atoms with Crippen molar-refractivity contribution in [2.75, 3.05) is 45.9 Å². The van der Waals surface area contributed by atoms with E-state index in [0.717, 1.165) is 20.2 Å². The van der Waals surface area contributed by atoms with Crippen LogP contribution in [0, 0.1) is 0 Å². The second kappa shape index (κ2) is 7.95.